The van der Waals surface area contributed by atoms with Crippen LogP contribution >= 0.6 is 0 Å². The predicted octanol–water partition coefficient (Wildman–Crippen LogP) is 2.03. The van der Waals surface area contributed by atoms with Gasteiger partial charge in [-0.15, -0.1) is 0 Å². The van der Waals surface area contributed by atoms with Gasteiger partial charge in [0, 0.05) is 18.0 Å². The van der Waals surface area contributed by atoms with Gasteiger partial charge in [0.1, 0.15) is 18.2 Å². The van der Waals surface area contributed by atoms with Crippen molar-refractivity contribution < 1.29 is 4.74 Å². The Labute approximate surface area is 111 Å². The van der Waals surface area contributed by atoms with E-state index in [1.807, 2.05) is 18.2 Å². The molecule has 0 saturated heterocycles. The van der Waals surface area contributed by atoms with Gasteiger partial charge in [-0.05, 0) is 24.3 Å². The van der Waals surface area contributed by atoms with E-state index in [0.717, 1.165) is 5.75 Å². The summed E-state index contributed by atoms with van der Waals surface area (Å²) in [5.74, 6) is 1.40. The molecule has 0 bridgehead atoms. The van der Waals surface area contributed by atoms with Crippen LogP contribution in [0.5, 0.6) is 5.75 Å². The summed E-state index contributed by atoms with van der Waals surface area (Å²) in [7, 11) is 0. The van der Waals surface area contributed by atoms with E-state index in [4.69, 9.17) is 15.7 Å². The highest BCUT2D eigenvalue weighted by Crippen LogP contribution is 2.14. The lowest BCUT2D eigenvalue weighted by atomic mass is 10.3. The van der Waals surface area contributed by atoms with Crippen molar-refractivity contribution in [3.05, 3.63) is 48.2 Å². The molecule has 0 atom stereocenters. The summed E-state index contributed by atoms with van der Waals surface area (Å²) in [6.45, 7) is 1.08. The molecule has 0 spiro atoms. The maximum Gasteiger partial charge on any atom is 0.127 e. The molecular formula is C14H14N4O. The summed E-state index contributed by atoms with van der Waals surface area (Å²) < 4.78 is 5.53. The van der Waals surface area contributed by atoms with E-state index in [0.29, 0.717) is 30.2 Å². The molecule has 0 fully saturated rings. The molecule has 0 aliphatic heterocycles. The molecule has 1 heterocycles. The van der Waals surface area contributed by atoms with Gasteiger partial charge in [-0.3, -0.25) is 0 Å². The summed E-state index contributed by atoms with van der Waals surface area (Å²) in [6, 6.07) is 12.7. The number of pyridine rings is 1. The van der Waals surface area contributed by atoms with Crippen molar-refractivity contribution in [3.63, 3.8) is 0 Å². The molecule has 3 N–H and O–H groups in total. The van der Waals surface area contributed by atoms with Crippen LogP contribution in [0.4, 0.5) is 11.5 Å². The van der Waals surface area contributed by atoms with Gasteiger partial charge in [0.15, 0.2) is 0 Å². The first kappa shape index (κ1) is 12.7. The number of hydrogen-bond acceptors (Lipinski definition) is 5. The molecule has 2 aromatic rings. The lowest BCUT2D eigenvalue weighted by molar-refractivity contribution is 0.333. The first-order chi connectivity index (χ1) is 9.28. The maximum absolute atomic E-state index is 8.77. The Hall–Kier alpha value is -2.74. The third-order valence-corrected chi connectivity index (χ3v) is 2.42. The van der Waals surface area contributed by atoms with Gasteiger partial charge in [-0.2, -0.15) is 5.26 Å². The lowest BCUT2D eigenvalue weighted by Crippen LogP contribution is -2.12. The smallest absolute Gasteiger partial charge is 0.127 e. The third-order valence-electron chi connectivity index (χ3n) is 2.42. The monoisotopic (exact) mass is 254 g/mol. The number of anilines is 2. The van der Waals surface area contributed by atoms with Crippen LogP contribution in [0.25, 0.3) is 0 Å². The van der Waals surface area contributed by atoms with Crippen molar-refractivity contribution >= 4 is 11.5 Å². The van der Waals surface area contributed by atoms with Crippen molar-refractivity contribution in [2.24, 2.45) is 0 Å². The summed E-state index contributed by atoms with van der Waals surface area (Å²) >= 11 is 0. The highest BCUT2D eigenvalue weighted by Gasteiger charge is 1.97. The zero-order valence-corrected chi connectivity index (χ0v) is 10.3. The number of nitrogen functional groups attached to an aromatic ring is 1. The van der Waals surface area contributed by atoms with Crippen molar-refractivity contribution in [1.29, 1.82) is 5.26 Å². The number of nitrogens with two attached hydrogens (primary N) is 1. The Balaban J connectivity index is 1.79. The SMILES string of the molecule is N#Cc1ccnc(NCCOc2cccc(N)c2)c1. The average Bonchev–Trinajstić information content (AvgIpc) is 2.44. The highest BCUT2D eigenvalue weighted by atomic mass is 16.5. The van der Waals surface area contributed by atoms with Crippen LogP contribution in [0.15, 0.2) is 42.6 Å². The molecular weight excluding hydrogens is 240 g/mol. The fraction of sp³-hybridized carbons (Fsp3) is 0.143. The molecule has 5 nitrogen and oxygen atoms in total. The van der Waals surface area contributed by atoms with Gasteiger partial charge in [0.25, 0.3) is 0 Å². The van der Waals surface area contributed by atoms with Crippen LogP contribution in [0.2, 0.25) is 0 Å². The van der Waals surface area contributed by atoms with E-state index in [1.165, 1.54) is 0 Å². The Morgan fingerprint density at radius 1 is 1.32 bits per heavy atom. The molecule has 0 unspecified atom stereocenters. The van der Waals surface area contributed by atoms with Gasteiger partial charge >= 0.3 is 0 Å². The molecule has 0 radical (unpaired) electrons. The van der Waals surface area contributed by atoms with Crippen LogP contribution in [0.3, 0.4) is 0 Å². The second-order valence-corrected chi connectivity index (χ2v) is 3.89. The number of hydrogen-bond donors (Lipinski definition) is 2. The summed E-state index contributed by atoms with van der Waals surface area (Å²) in [6.07, 6.45) is 1.60. The number of nitrogens with one attached hydrogen (secondary N) is 1. The van der Waals surface area contributed by atoms with E-state index in [2.05, 4.69) is 16.4 Å². The summed E-state index contributed by atoms with van der Waals surface area (Å²) in [5, 5.41) is 11.9. The van der Waals surface area contributed by atoms with Crippen LogP contribution in [0, 0.1) is 11.3 Å². The fourth-order valence-corrected chi connectivity index (χ4v) is 1.55. The van der Waals surface area contributed by atoms with Gasteiger partial charge in [-0.25, -0.2) is 4.98 Å². The van der Waals surface area contributed by atoms with E-state index < -0.39 is 0 Å². The topological polar surface area (TPSA) is 84.0 Å². The number of aromatic nitrogens is 1. The molecule has 96 valence electrons. The largest absolute Gasteiger partial charge is 0.492 e. The van der Waals surface area contributed by atoms with E-state index >= 15 is 0 Å². The molecule has 0 saturated carbocycles. The van der Waals surface area contributed by atoms with Crippen molar-refractivity contribution in [2.45, 2.75) is 0 Å². The van der Waals surface area contributed by atoms with Gasteiger partial charge in [0.05, 0.1) is 18.2 Å². The second kappa shape index (κ2) is 6.26. The van der Waals surface area contributed by atoms with Gasteiger partial charge < -0.3 is 15.8 Å². The first-order valence-electron chi connectivity index (χ1n) is 5.86. The van der Waals surface area contributed by atoms with Crippen molar-refractivity contribution in [1.82, 2.24) is 4.98 Å². The van der Waals surface area contributed by atoms with E-state index in [9.17, 15) is 0 Å². The lowest BCUT2D eigenvalue weighted by Gasteiger charge is -2.08. The number of benzene rings is 1. The molecule has 2 rings (SSSR count). The summed E-state index contributed by atoms with van der Waals surface area (Å²) in [4.78, 5) is 4.11. The molecule has 5 heteroatoms. The Morgan fingerprint density at radius 2 is 2.21 bits per heavy atom. The second-order valence-electron chi connectivity index (χ2n) is 3.89. The van der Waals surface area contributed by atoms with Gasteiger partial charge in [0.2, 0.25) is 0 Å². The minimum atomic E-state index is 0.488. The van der Waals surface area contributed by atoms with Crippen LogP contribution in [-0.2, 0) is 0 Å². The predicted molar refractivity (Wildman–Crippen MR) is 73.8 cm³/mol. The minimum absolute atomic E-state index is 0.488. The van der Waals surface area contributed by atoms with E-state index in [1.54, 1.807) is 24.4 Å². The fourth-order valence-electron chi connectivity index (χ4n) is 1.55. The summed E-state index contributed by atoms with van der Waals surface area (Å²) in [5.41, 5.74) is 6.90. The molecule has 1 aromatic heterocycles. The molecule has 19 heavy (non-hydrogen) atoms. The zero-order valence-electron chi connectivity index (χ0n) is 10.3. The minimum Gasteiger partial charge on any atom is -0.492 e. The van der Waals surface area contributed by atoms with Gasteiger partial charge in [-0.1, -0.05) is 6.07 Å². The number of rotatable bonds is 5. The van der Waals surface area contributed by atoms with Crippen LogP contribution < -0.4 is 15.8 Å². The highest BCUT2D eigenvalue weighted by molar-refractivity contribution is 5.44. The molecule has 1 aromatic carbocycles. The Bertz CT molecular complexity index is 592. The van der Waals surface area contributed by atoms with Crippen LogP contribution in [-0.4, -0.2) is 18.1 Å². The third kappa shape index (κ3) is 3.89. The maximum atomic E-state index is 8.77. The van der Waals surface area contributed by atoms with Crippen molar-refractivity contribution in [3.8, 4) is 11.8 Å². The number of ether oxygens (including phenoxy) is 1. The zero-order chi connectivity index (χ0) is 13.5. The molecule has 0 aliphatic carbocycles. The van der Waals surface area contributed by atoms with Crippen molar-refractivity contribution in [2.75, 3.05) is 24.2 Å². The first-order valence-corrected chi connectivity index (χ1v) is 5.86. The number of nitriles is 1. The Morgan fingerprint density at radius 3 is 3.00 bits per heavy atom. The molecule has 0 aliphatic rings. The standard InChI is InChI=1S/C14H14N4O/c15-10-11-4-5-17-14(8-11)18-6-7-19-13-3-1-2-12(16)9-13/h1-5,8-9H,6-7,16H2,(H,17,18). The van der Waals surface area contributed by atoms with E-state index in [-0.39, 0.29) is 0 Å². The molecule has 0 amide bonds. The quantitative estimate of drug-likeness (QED) is 0.630. The Kier molecular flexibility index (Phi) is 4.19. The normalized spacial score (nSPS) is 9.63. The van der Waals surface area contributed by atoms with Crippen LogP contribution in [0.1, 0.15) is 5.56 Å². The average molecular weight is 254 g/mol. The number of nitrogens with zero attached hydrogens (tertiary/aromatic N) is 2.